The van der Waals surface area contributed by atoms with Crippen LogP contribution in [0.5, 0.6) is 0 Å². The van der Waals surface area contributed by atoms with Crippen molar-refractivity contribution in [2.45, 2.75) is 0 Å². The van der Waals surface area contributed by atoms with E-state index in [4.69, 9.17) is 15.7 Å². The second kappa shape index (κ2) is 9.55. The Kier molecular flexibility index (Phi) is 6.31. The molecule has 0 bridgehead atoms. The molecule has 1 fully saturated rings. The molecule has 2 aromatic carbocycles. The maximum absolute atomic E-state index is 14.1. The Hall–Kier alpha value is -3.63. The van der Waals surface area contributed by atoms with Gasteiger partial charge in [-0.2, -0.15) is 4.98 Å². The van der Waals surface area contributed by atoms with Crippen LogP contribution in [0.15, 0.2) is 48.5 Å². The molecule has 1 aliphatic rings. The number of hydrogen-bond donors (Lipinski definition) is 1. The third-order valence-corrected chi connectivity index (χ3v) is 6.23. The zero-order chi connectivity index (χ0) is 24.5. The first-order valence-electron chi connectivity index (χ1n) is 11.6. The second-order valence-electron chi connectivity index (χ2n) is 8.99. The highest BCUT2D eigenvalue weighted by Gasteiger charge is 2.24. The minimum Gasteiger partial charge on any atom is -0.383 e. The van der Waals surface area contributed by atoms with Gasteiger partial charge < -0.3 is 15.5 Å². The van der Waals surface area contributed by atoms with E-state index in [1.807, 2.05) is 0 Å². The maximum Gasteiger partial charge on any atom is 0.228 e. The van der Waals surface area contributed by atoms with E-state index in [9.17, 15) is 8.78 Å². The number of benzene rings is 2. The SMILES string of the molecule is CN(C)CCN1CCN(c2nc(-c3cccc(F)c3)c3c(N)n(-c4cccc(F)c4)nc3n2)CC1. The van der Waals surface area contributed by atoms with E-state index in [1.165, 1.54) is 28.9 Å². The summed E-state index contributed by atoms with van der Waals surface area (Å²) < 4.78 is 29.5. The molecule has 0 aliphatic carbocycles. The molecule has 5 rings (SSSR count). The normalized spacial score (nSPS) is 14.8. The van der Waals surface area contributed by atoms with Gasteiger partial charge in [0.05, 0.1) is 16.8 Å². The summed E-state index contributed by atoms with van der Waals surface area (Å²) in [5.41, 5.74) is 8.41. The van der Waals surface area contributed by atoms with Crippen LogP contribution in [0.4, 0.5) is 20.5 Å². The zero-order valence-corrected chi connectivity index (χ0v) is 19.8. The Bertz CT molecular complexity index is 1340. The number of rotatable bonds is 6. The molecule has 0 spiro atoms. The molecule has 0 amide bonds. The van der Waals surface area contributed by atoms with Gasteiger partial charge in [-0.05, 0) is 44.4 Å². The van der Waals surface area contributed by atoms with Gasteiger partial charge in [-0.15, -0.1) is 5.10 Å². The molecular formula is C25H28F2N8. The van der Waals surface area contributed by atoms with E-state index in [0.717, 1.165) is 39.3 Å². The molecule has 10 heteroatoms. The largest absolute Gasteiger partial charge is 0.383 e. The summed E-state index contributed by atoms with van der Waals surface area (Å²) in [6, 6.07) is 12.2. The van der Waals surface area contributed by atoms with E-state index in [0.29, 0.717) is 33.9 Å². The molecule has 182 valence electrons. The third kappa shape index (κ3) is 4.80. The number of hydrogen-bond acceptors (Lipinski definition) is 7. The lowest BCUT2D eigenvalue weighted by Gasteiger charge is -2.35. The average Bonchev–Trinajstić information content (AvgIpc) is 3.19. The molecule has 1 saturated heterocycles. The van der Waals surface area contributed by atoms with Gasteiger partial charge in [0.1, 0.15) is 17.5 Å². The van der Waals surface area contributed by atoms with Crippen LogP contribution in [0, 0.1) is 11.6 Å². The minimum absolute atomic E-state index is 0.268. The fraction of sp³-hybridized carbons (Fsp3) is 0.320. The van der Waals surface area contributed by atoms with Gasteiger partial charge in [0.2, 0.25) is 5.95 Å². The summed E-state index contributed by atoms with van der Waals surface area (Å²) in [5, 5.41) is 5.10. The summed E-state index contributed by atoms with van der Waals surface area (Å²) in [5.74, 6) is 0.0185. The van der Waals surface area contributed by atoms with Crippen LogP contribution in [0.1, 0.15) is 0 Å². The number of nitrogens with two attached hydrogens (primary N) is 1. The highest BCUT2D eigenvalue weighted by atomic mass is 19.1. The van der Waals surface area contributed by atoms with Crippen LogP contribution in [0.25, 0.3) is 28.0 Å². The van der Waals surface area contributed by atoms with E-state index >= 15 is 0 Å². The van der Waals surface area contributed by atoms with Crippen LogP contribution in [0.2, 0.25) is 0 Å². The number of aromatic nitrogens is 4. The quantitative estimate of drug-likeness (QED) is 0.456. The predicted octanol–water partition coefficient (Wildman–Crippen LogP) is 3.03. The topological polar surface area (TPSA) is 79.3 Å². The highest BCUT2D eigenvalue weighted by molar-refractivity contribution is 5.99. The molecule has 8 nitrogen and oxygen atoms in total. The van der Waals surface area contributed by atoms with Gasteiger partial charge in [0.25, 0.3) is 0 Å². The Morgan fingerprint density at radius 1 is 0.943 bits per heavy atom. The molecule has 2 aromatic heterocycles. The maximum atomic E-state index is 14.1. The van der Waals surface area contributed by atoms with Crippen molar-refractivity contribution in [1.82, 2.24) is 29.5 Å². The lowest BCUT2D eigenvalue weighted by atomic mass is 10.1. The molecule has 0 atom stereocenters. The highest BCUT2D eigenvalue weighted by Crippen LogP contribution is 2.34. The van der Waals surface area contributed by atoms with Gasteiger partial charge in [0.15, 0.2) is 5.65 Å². The Labute approximate surface area is 202 Å². The Balaban J connectivity index is 1.56. The lowest BCUT2D eigenvalue weighted by molar-refractivity contribution is 0.229. The first kappa shape index (κ1) is 23.1. The number of halogens is 2. The summed E-state index contributed by atoms with van der Waals surface area (Å²) in [4.78, 5) is 16.3. The summed E-state index contributed by atoms with van der Waals surface area (Å²) in [7, 11) is 4.14. The first-order valence-corrected chi connectivity index (χ1v) is 11.6. The van der Waals surface area contributed by atoms with Crippen LogP contribution in [-0.2, 0) is 0 Å². The smallest absolute Gasteiger partial charge is 0.228 e. The first-order chi connectivity index (χ1) is 16.9. The van der Waals surface area contributed by atoms with Crippen LogP contribution < -0.4 is 10.6 Å². The fourth-order valence-corrected chi connectivity index (χ4v) is 4.30. The van der Waals surface area contributed by atoms with Crippen molar-refractivity contribution in [3.63, 3.8) is 0 Å². The van der Waals surface area contributed by atoms with Crippen LogP contribution in [-0.4, -0.2) is 82.9 Å². The van der Waals surface area contributed by atoms with E-state index in [1.54, 1.807) is 24.3 Å². The second-order valence-corrected chi connectivity index (χ2v) is 8.99. The van der Waals surface area contributed by atoms with Gasteiger partial charge >= 0.3 is 0 Å². The van der Waals surface area contributed by atoms with Crippen molar-refractivity contribution >= 4 is 22.8 Å². The molecule has 2 N–H and O–H groups in total. The van der Waals surface area contributed by atoms with Gasteiger partial charge in [-0.1, -0.05) is 18.2 Å². The molecule has 1 aliphatic heterocycles. The van der Waals surface area contributed by atoms with Gasteiger partial charge in [-0.3, -0.25) is 4.90 Å². The zero-order valence-electron chi connectivity index (χ0n) is 19.8. The molecule has 35 heavy (non-hydrogen) atoms. The van der Waals surface area contributed by atoms with Crippen LogP contribution in [0.3, 0.4) is 0 Å². The van der Waals surface area contributed by atoms with Crippen molar-refractivity contribution < 1.29 is 8.78 Å². The minimum atomic E-state index is -0.397. The van der Waals surface area contributed by atoms with E-state index in [2.05, 4.69) is 33.9 Å². The molecule has 3 heterocycles. The van der Waals surface area contributed by atoms with Crippen molar-refractivity contribution in [1.29, 1.82) is 0 Å². The predicted molar refractivity (Wildman–Crippen MR) is 134 cm³/mol. The van der Waals surface area contributed by atoms with Crippen molar-refractivity contribution in [3.8, 4) is 16.9 Å². The van der Waals surface area contributed by atoms with Crippen molar-refractivity contribution in [2.75, 3.05) is 64.0 Å². The van der Waals surface area contributed by atoms with Crippen LogP contribution >= 0.6 is 0 Å². The molecule has 0 radical (unpaired) electrons. The molecule has 0 unspecified atom stereocenters. The van der Waals surface area contributed by atoms with Gasteiger partial charge in [0, 0.05) is 44.8 Å². The van der Waals surface area contributed by atoms with Crippen molar-refractivity contribution in [3.05, 3.63) is 60.2 Å². The molecule has 0 saturated carbocycles. The Morgan fingerprint density at radius 3 is 2.34 bits per heavy atom. The number of nitrogen functional groups attached to an aromatic ring is 1. The summed E-state index contributed by atoms with van der Waals surface area (Å²) in [6.45, 7) is 5.32. The average molecular weight is 479 g/mol. The molecular weight excluding hydrogens is 450 g/mol. The Morgan fingerprint density at radius 2 is 1.66 bits per heavy atom. The standard InChI is InChI=1S/C25H28F2N8/c1-32(2)9-10-33-11-13-34(14-12-33)25-29-22(17-5-3-6-18(26)15-17)21-23(28)35(31-24(21)30-25)20-8-4-7-19(27)16-20/h3-8,15-16H,9-14,28H2,1-2H3. The lowest BCUT2D eigenvalue weighted by Crippen LogP contribution is -2.48. The number of fused-ring (bicyclic) bond motifs is 1. The monoisotopic (exact) mass is 478 g/mol. The molecule has 4 aromatic rings. The third-order valence-electron chi connectivity index (χ3n) is 6.23. The number of likely N-dealkylation sites (N-methyl/N-ethyl adjacent to an activating group) is 1. The number of anilines is 2. The summed E-state index contributed by atoms with van der Waals surface area (Å²) in [6.07, 6.45) is 0. The van der Waals surface area contributed by atoms with E-state index < -0.39 is 5.82 Å². The van der Waals surface area contributed by atoms with Crippen molar-refractivity contribution in [2.24, 2.45) is 0 Å². The van der Waals surface area contributed by atoms with Gasteiger partial charge in [-0.25, -0.2) is 18.4 Å². The fourth-order valence-electron chi connectivity index (χ4n) is 4.30. The summed E-state index contributed by atoms with van der Waals surface area (Å²) >= 11 is 0. The number of nitrogens with zero attached hydrogens (tertiary/aromatic N) is 7. The number of piperazine rings is 1. The van der Waals surface area contributed by atoms with E-state index in [-0.39, 0.29) is 11.6 Å².